The van der Waals surface area contributed by atoms with Crippen LogP contribution in [-0.4, -0.2) is 61.5 Å². The first-order valence-electron chi connectivity index (χ1n) is 7.80. The molecule has 0 aromatic carbocycles. The zero-order valence-corrected chi connectivity index (χ0v) is 12.9. The molecule has 0 aromatic rings. The van der Waals surface area contributed by atoms with Crippen LogP contribution in [0.4, 0.5) is 0 Å². The molecular weight excluding hydrogens is 252 g/mol. The fraction of sp³-hybridized carbons (Fsp3) is 0.867. The fourth-order valence-electron chi connectivity index (χ4n) is 2.70. The molecule has 1 unspecified atom stereocenters. The van der Waals surface area contributed by atoms with Crippen molar-refractivity contribution in [3.05, 3.63) is 0 Å². The standard InChI is InChI=1S/C15H28N4O/c1-3-18(4-2)12-9-17-15(20)14-7-5-10-19(13-14)11-6-8-16/h14H,3-7,9-13H2,1-2H3,(H,17,20). The number of likely N-dealkylation sites (N-methyl/N-ethyl adjacent to an activating group) is 1. The van der Waals surface area contributed by atoms with Crippen molar-refractivity contribution in [2.45, 2.75) is 33.1 Å². The smallest absolute Gasteiger partial charge is 0.224 e. The molecule has 1 aliphatic heterocycles. The van der Waals surface area contributed by atoms with Crippen molar-refractivity contribution < 1.29 is 4.79 Å². The topological polar surface area (TPSA) is 59.4 Å². The number of carbonyl (C=O) groups is 1. The number of nitrogens with one attached hydrogen (secondary N) is 1. The molecule has 0 spiro atoms. The van der Waals surface area contributed by atoms with Gasteiger partial charge < -0.3 is 15.1 Å². The van der Waals surface area contributed by atoms with Crippen LogP contribution in [0.3, 0.4) is 0 Å². The summed E-state index contributed by atoms with van der Waals surface area (Å²) in [7, 11) is 0. The number of piperidine rings is 1. The highest BCUT2D eigenvalue weighted by atomic mass is 16.1. The highest BCUT2D eigenvalue weighted by Gasteiger charge is 2.25. The summed E-state index contributed by atoms with van der Waals surface area (Å²) in [6.45, 7) is 10.6. The molecule has 1 amide bonds. The first-order valence-corrected chi connectivity index (χ1v) is 7.80. The quantitative estimate of drug-likeness (QED) is 0.722. The van der Waals surface area contributed by atoms with Gasteiger partial charge in [0.05, 0.1) is 12.0 Å². The SMILES string of the molecule is CCN(CC)CCNC(=O)C1CCCN(CCC#N)C1. The van der Waals surface area contributed by atoms with Crippen LogP contribution in [0, 0.1) is 17.2 Å². The molecule has 20 heavy (non-hydrogen) atoms. The van der Waals surface area contributed by atoms with Gasteiger partial charge >= 0.3 is 0 Å². The maximum Gasteiger partial charge on any atom is 0.224 e. The molecule has 0 radical (unpaired) electrons. The van der Waals surface area contributed by atoms with Crippen molar-refractivity contribution in [2.24, 2.45) is 5.92 Å². The molecule has 0 bridgehead atoms. The summed E-state index contributed by atoms with van der Waals surface area (Å²) in [5.74, 6) is 0.276. The number of carbonyl (C=O) groups excluding carboxylic acids is 1. The second kappa shape index (κ2) is 9.73. The van der Waals surface area contributed by atoms with Crippen LogP contribution in [0.1, 0.15) is 33.1 Å². The van der Waals surface area contributed by atoms with Crippen LogP contribution in [-0.2, 0) is 4.79 Å². The molecule has 5 heteroatoms. The Labute approximate surface area is 122 Å². The lowest BCUT2D eigenvalue weighted by Gasteiger charge is -2.31. The molecule has 1 fully saturated rings. The molecule has 0 saturated carbocycles. The predicted molar refractivity (Wildman–Crippen MR) is 80.2 cm³/mol. The van der Waals surface area contributed by atoms with E-state index in [4.69, 9.17) is 5.26 Å². The number of nitriles is 1. The van der Waals surface area contributed by atoms with Crippen molar-refractivity contribution in [2.75, 3.05) is 45.8 Å². The van der Waals surface area contributed by atoms with E-state index in [0.717, 1.165) is 58.7 Å². The van der Waals surface area contributed by atoms with Crippen molar-refractivity contribution in [3.63, 3.8) is 0 Å². The van der Waals surface area contributed by atoms with Crippen molar-refractivity contribution in [1.29, 1.82) is 5.26 Å². The molecule has 1 rings (SSSR count). The Kier molecular flexibility index (Phi) is 8.24. The summed E-state index contributed by atoms with van der Waals surface area (Å²) >= 11 is 0. The summed E-state index contributed by atoms with van der Waals surface area (Å²) < 4.78 is 0. The Morgan fingerprint density at radius 1 is 1.45 bits per heavy atom. The van der Waals surface area contributed by atoms with Gasteiger partial charge in [-0.1, -0.05) is 13.8 Å². The molecule has 5 nitrogen and oxygen atoms in total. The van der Waals surface area contributed by atoms with E-state index in [9.17, 15) is 4.79 Å². The van der Waals surface area contributed by atoms with Crippen LogP contribution in [0.25, 0.3) is 0 Å². The zero-order valence-electron chi connectivity index (χ0n) is 12.9. The first-order chi connectivity index (χ1) is 9.71. The van der Waals surface area contributed by atoms with Crippen LogP contribution < -0.4 is 5.32 Å². The lowest BCUT2D eigenvalue weighted by Crippen LogP contribution is -2.44. The number of likely N-dealkylation sites (tertiary alicyclic amines) is 1. The average molecular weight is 280 g/mol. The van der Waals surface area contributed by atoms with Gasteiger partial charge in [-0.3, -0.25) is 4.79 Å². The van der Waals surface area contributed by atoms with Crippen LogP contribution in [0.5, 0.6) is 0 Å². The molecule has 1 N–H and O–H groups in total. The summed E-state index contributed by atoms with van der Waals surface area (Å²) in [6.07, 6.45) is 2.58. The number of hydrogen-bond donors (Lipinski definition) is 1. The van der Waals surface area contributed by atoms with Crippen LogP contribution in [0.15, 0.2) is 0 Å². The Balaban J connectivity index is 2.26. The molecule has 0 aliphatic carbocycles. The van der Waals surface area contributed by atoms with E-state index < -0.39 is 0 Å². The van der Waals surface area contributed by atoms with Gasteiger partial charge in [0, 0.05) is 32.6 Å². The van der Waals surface area contributed by atoms with Gasteiger partial charge in [-0.25, -0.2) is 0 Å². The third-order valence-electron chi connectivity index (χ3n) is 4.04. The third-order valence-corrected chi connectivity index (χ3v) is 4.04. The number of amides is 1. The summed E-state index contributed by atoms with van der Waals surface area (Å²) in [6, 6.07) is 2.17. The molecule has 114 valence electrons. The molecule has 1 saturated heterocycles. The second-order valence-corrected chi connectivity index (χ2v) is 5.37. The Bertz CT molecular complexity index is 322. The summed E-state index contributed by atoms with van der Waals surface area (Å²) in [4.78, 5) is 16.7. The van der Waals surface area contributed by atoms with E-state index >= 15 is 0 Å². The first kappa shape index (κ1) is 16.9. The molecule has 1 heterocycles. The molecule has 0 aromatic heterocycles. The molecule has 1 atom stereocenters. The van der Waals surface area contributed by atoms with Gasteiger partial charge in [0.1, 0.15) is 0 Å². The number of rotatable bonds is 8. The minimum absolute atomic E-state index is 0.0964. The molecular formula is C15H28N4O. The zero-order chi connectivity index (χ0) is 14.8. The highest BCUT2D eigenvalue weighted by molar-refractivity contribution is 5.78. The van der Waals surface area contributed by atoms with E-state index in [-0.39, 0.29) is 11.8 Å². The largest absolute Gasteiger partial charge is 0.355 e. The van der Waals surface area contributed by atoms with E-state index in [1.807, 2.05) is 0 Å². The minimum Gasteiger partial charge on any atom is -0.355 e. The van der Waals surface area contributed by atoms with E-state index in [0.29, 0.717) is 6.42 Å². The van der Waals surface area contributed by atoms with E-state index in [1.165, 1.54) is 0 Å². The van der Waals surface area contributed by atoms with Crippen LogP contribution in [0.2, 0.25) is 0 Å². The Hall–Kier alpha value is -1.12. The second-order valence-electron chi connectivity index (χ2n) is 5.37. The van der Waals surface area contributed by atoms with Crippen LogP contribution >= 0.6 is 0 Å². The Morgan fingerprint density at radius 2 is 2.20 bits per heavy atom. The monoisotopic (exact) mass is 280 g/mol. The van der Waals surface area contributed by atoms with Gasteiger partial charge in [-0.2, -0.15) is 5.26 Å². The van der Waals surface area contributed by atoms with Gasteiger partial charge in [0.2, 0.25) is 5.91 Å². The normalized spacial score (nSPS) is 19.8. The summed E-state index contributed by atoms with van der Waals surface area (Å²) in [5.41, 5.74) is 0. The number of nitrogens with zero attached hydrogens (tertiary/aromatic N) is 3. The van der Waals surface area contributed by atoms with Crippen molar-refractivity contribution in [1.82, 2.24) is 15.1 Å². The van der Waals surface area contributed by atoms with Gasteiger partial charge in [-0.15, -0.1) is 0 Å². The summed E-state index contributed by atoms with van der Waals surface area (Å²) in [5, 5.41) is 11.7. The van der Waals surface area contributed by atoms with Gasteiger partial charge in [0.15, 0.2) is 0 Å². The van der Waals surface area contributed by atoms with Gasteiger partial charge in [-0.05, 0) is 32.5 Å². The maximum atomic E-state index is 12.2. The van der Waals surface area contributed by atoms with Gasteiger partial charge in [0.25, 0.3) is 0 Å². The average Bonchev–Trinajstić information content (AvgIpc) is 2.49. The highest BCUT2D eigenvalue weighted by Crippen LogP contribution is 2.16. The lowest BCUT2D eigenvalue weighted by atomic mass is 9.97. The third kappa shape index (κ3) is 5.89. The lowest BCUT2D eigenvalue weighted by molar-refractivity contribution is -0.126. The fourth-order valence-corrected chi connectivity index (χ4v) is 2.70. The number of hydrogen-bond acceptors (Lipinski definition) is 4. The maximum absolute atomic E-state index is 12.2. The minimum atomic E-state index is 0.0964. The van der Waals surface area contributed by atoms with E-state index in [1.54, 1.807) is 0 Å². The van der Waals surface area contributed by atoms with E-state index in [2.05, 4.69) is 35.0 Å². The van der Waals surface area contributed by atoms with Crippen molar-refractivity contribution >= 4 is 5.91 Å². The Morgan fingerprint density at radius 3 is 2.85 bits per heavy atom. The predicted octanol–water partition coefficient (Wildman–Crippen LogP) is 1.07. The van der Waals surface area contributed by atoms with Crippen molar-refractivity contribution in [3.8, 4) is 6.07 Å². The molecule has 1 aliphatic rings.